The molecule has 4 heteroatoms. The molecule has 0 unspecified atom stereocenters. The fraction of sp³-hybridized carbons (Fsp3) is 0. The highest BCUT2D eigenvalue weighted by Crippen LogP contribution is 2.24. The van der Waals surface area contributed by atoms with Crippen molar-refractivity contribution < 1.29 is 4.92 Å². The Morgan fingerprint density at radius 3 is 2.00 bits per heavy atom. The standard InChI is InChI=1S/C10H6N2O2/c13-12(14)10-5-8-3-1-7-2-4-9(6-10)11(7)8/h1-6H. The van der Waals surface area contributed by atoms with Gasteiger partial charge < -0.3 is 4.40 Å². The Morgan fingerprint density at radius 2 is 1.50 bits per heavy atom. The van der Waals surface area contributed by atoms with Crippen LogP contribution < -0.4 is 0 Å². The molecule has 3 rings (SSSR count). The predicted octanol–water partition coefficient (Wildman–Crippen LogP) is 2.44. The van der Waals surface area contributed by atoms with Crippen LogP contribution in [0.2, 0.25) is 0 Å². The lowest BCUT2D eigenvalue weighted by Crippen LogP contribution is -1.90. The highest BCUT2D eigenvalue weighted by molar-refractivity contribution is 5.77. The van der Waals surface area contributed by atoms with Crippen LogP contribution in [-0.2, 0) is 0 Å². The zero-order valence-corrected chi connectivity index (χ0v) is 7.18. The molecule has 0 aliphatic rings. The van der Waals surface area contributed by atoms with Gasteiger partial charge in [-0.2, -0.15) is 0 Å². The molecule has 4 nitrogen and oxygen atoms in total. The van der Waals surface area contributed by atoms with Crippen molar-refractivity contribution in [2.45, 2.75) is 0 Å². The van der Waals surface area contributed by atoms with E-state index in [1.807, 2.05) is 28.7 Å². The molecule has 14 heavy (non-hydrogen) atoms. The quantitative estimate of drug-likeness (QED) is 0.433. The number of hydrogen-bond donors (Lipinski definition) is 0. The average molecular weight is 186 g/mol. The van der Waals surface area contributed by atoms with E-state index in [0.717, 1.165) is 16.6 Å². The Labute approximate surface area is 78.9 Å². The Kier molecular flexibility index (Phi) is 1.16. The van der Waals surface area contributed by atoms with Crippen molar-refractivity contribution in [3.8, 4) is 0 Å². The van der Waals surface area contributed by atoms with Crippen molar-refractivity contribution in [1.29, 1.82) is 0 Å². The summed E-state index contributed by atoms with van der Waals surface area (Å²) in [4.78, 5) is 10.3. The lowest BCUT2D eigenvalue weighted by molar-refractivity contribution is -0.384. The summed E-state index contributed by atoms with van der Waals surface area (Å²) in [6.07, 6.45) is 0. The van der Waals surface area contributed by atoms with E-state index in [4.69, 9.17) is 0 Å². The third-order valence-corrected chi connectivity index (χ3v) is 2.43. The first-order chi connectivity index (χ1) is 6.75. The molecule has 0 fully saturated rings. The number of nitro groups is 1. The smallest absolute Gasteiger partial charge is 0.273 e. The monoisotopic (exact) mass is 186 g/mol. The van der Waals surface area contributed by atoms with Gasteiger partial charge in [-0.15, -0.1) is 0 Å². The minimum atomic E-state index is -0.366. The molecule has 3 heterocycles. The second-order valence-corrected chi connectivity index (χ2v) is 3.25. The van der Waals surface area contributed by atoms with E-state index in [9.17, 15) is 10.1 Å². The number of nitrogens with zero attached hydrogens (tertiary/aromatic N) is 2. The van der Waals surface area contributed by atoms with Gasteiger partial charge >= 0.3 is 0 Å². The number of pyridine rings is 1. The summed E-state index contributed by atoms with van der Waals surface area (Å²) in [5.41, 5.74) is 2.96. The van der Waals surface area contributed by atoms with E-state index in [2.05, 4.69) is 0 Å². The molecule has 0 radical (unpaired) electrons. The maximum atomic E-state index is 10.6. The van der Waals surface area contributed by atoms with Crippen LogP contribution in [0.4, 0.5) is 5.69 Å². The van der Waals surface area contributed by atoms with Crippen molar-refractivity contribution in [3.63, 3.8) is 0 Å². The number of rotatable bonds is 1. The maximum Gasteiger partial charge on any atom is 0.273 e. The minimum Gasteiger partial charge on any atom is -0.310 e. The van der Waals surface area contributed by atoms with E-state index >= 15 is 0 Å². The summed E-state index contributed by atoms with van der Waals surface area (Å²) >= 11 is 0. The van der Waals surface area contributed by atoms with Gasteiger partial charge in [0.1, 0.15) is 0 Å². The summed E-state index contributed by atoms with van der Waals surface area (Å²) in [6, 6.07) is 10.8. The second kappa shape index (κ2) is 2.23. The lowest BCUT2D eigenvalue weighted by atomic mass is 10.3. The normalized spacial score (nSPS) is 11.4. The fourth-order valence-corrected chi connectivity index (χ4v) is 1.82. The third kappa shape index (κ3) is 0.771. The SMILES string of the molecule is O=[N+]([O-])c1cc2ccc3ccc(c1)n32. The van der Waals surface area contributed by atoms with E-state index in [1.54, 1.807) is 12.1 Å². The lowest BCUT2D eigenvalue weighted by Gasteiger charge is -1.96. The van der Waals surface area contributed by atoms with Crippen molar-refractivity contribution in [1.82, 2.24) is 4.40 Å². The van der Waals surface area contributed by atoms with Gasteiger partial charge in [0.15, 0.2) is 0 Å². The molecule has 68 valence electrons. The molecule has 0 aliphatic heterocycles. The van der Waals surface area contributed by atoms with Crippen LogP contribution in [0.3, 0.4) is 0 Å². The fourth-order valence-electron chi connectivity index (χ4n) is 1.82. The van der Waals surface area contributed by atoms with Gasteiger partial charge in [0.05, 0.1) is 16.0 Å². The Hall–Kier alpha value is -2.10. The minimum absolute atomic E-state index is 0.142. The van der Waals surface area contributed by atoms with Crippen molar-refractivity contribution in [2.75, 3.05) is 0 Å². The van der Waals surface area contributed by atoms with Crippen LogP contribution in [0.1, 0.15) is 0 Å². The first-order valence-corrected chi connectivity index (χ1v) is 4.24. The molecule has 0 spiro atoms. The van der Waals surface area contributed by atoms with Gasteiger partial charge in [-0.05, 0) is 24.3 Å². The van der Waals surface area contributed by atoms with Gasteiger partial charge in [0.25, 0.3) is 5.69 Å². The molecular weight excluding hydrogens is 180 g/mol. The molecule has 0 saturated heterocycles. The zero-order chi connectivity index (χ0) is 9.71. The van der Waals surface area contributed by atoms with Crippen LogP contribution in [-0.4, -0.2) is 9.32 Å². The van der Waals surface area contributed by atoms with Gasteiger partial charge in [0.2, 0.25) is 0 Å². The summed E-state index contributed by atoms with van der Waals surface area (Å²) in [6.45, 7) is 0. The Balaban J connectivity index is 2.51. The summed E-state index contributed by atoms with van der Waals surface area (Å²) in [7, 11) is 0. The Bertz CT molecular complexity index is 583. The van der Waals surface area contributed by atoms with Gasteiger partial charge in [0, 0.05) is 17.6 Å². The molecular formula is C10H6N2O2. The summed E-state index contributed by atoms with van der Waals surface area (Å²) in [5.74, 6) is 0. The molecule has 0 amide bonds. The molecule has 0 atom stereocenters. The van der Waals surface area contributed by atoms with Crippen molar-refractivity contribution in [2.24, 2.45) is 0 Å². The van der Waals surface area contributed by atoms with Crippen LogP contribution in [0.5, 0.6) is 0 Å². The third-order valence-electron chi connectivity index (χ3n) is 2.43. The van der Waals surface area contributed by atoms with Gasteiger partial charge in [-0.3, -0.25) is 10.1 Å². The second-order valence-electron chi connectivity index (χ2n) is 3.25. The molecule has 0 aromatic carbocycles. The van der Waals surface area contributed by atoms with E-state index < -0.39 is 0 Å². The first-order valence-electron chi connectivity index (χ1n) is 4.24. The van der Waals surface area contributed by atoms with Crippen molar-refractivity contribution >= 4 is 22.2 Å². The van der Waals surface area contributed by atoms with Gasteiger partial charge in [-0.25, -0.2) is 0 Å². The highest BCUT2D eigenvalue weighted by Gasteiger charge is 2.10. The van der Waals surface area contributed by atoms with E-state index in [0.29, 0.717) is 0 Å². The van der Waals surface area contributed by atoms with Crippen LogP contribution >= 0.6 is 0 Å². The topological polar surface area (TPSA) is 47.5 Å². The number of hydrogen-bond acceptors (Lipinski definition) is 2. The maximum absolute atomic E-state index is 10.6. The predicted molar refractivity (Wildman–Crippen MR) is 52.7 cm³/mol. The molecule has 0 bridgehead atoms. The zero-order valence-electron chi connectivity index (χ0n) is 7.18. The van der Waals surface area contributed by atoms with Crippen molar-refractivity contribution in [3.05, 3.63) is 46.5 Å². The molecule has 0 aliphatic carbocycles. The molecule has 0 N–H and O–H groups in total. The van der Waals surface area contributed by atoms with E-state index in [1.165, 1.54) is 0 Å². The first kappa shape index (κ1) is 7.32. The van der Waals surface area contributed by atoms with E-state index in [-0.39, 0.29) is 10.6 Å². The summed E-state index contributed by atoms with van der Waals surface area (Å²) in [5, 5.41) is 10.6. The van der Waals surface area contributed by atoms with Crippen LogP contribution in [0.25, 0.3) is 16.6 Å². The molecule has 3 aromatic rings. The van der Waals surface area contributed by atoms with Gasteiger partial charge in [-0.1, -0.05) is 0 Å². The highest BCUT2D eigenvalue weighted by atomic mass is 16.6. The number of aromatic nitrogens is 1. The van der Waals surface area contributed by atoms with Crippen LogP contribution in [0.15, 0.2) is 36.4 Å². The van der Waals surface area contributed by atoms with Crippen LogP contribution in [0, 0.1) is 10.1 Å². The largest absolute Gasteiger partial charge is 0.310 e. The Morgan fingerprint density at radius 1 is 1.00 bits per heavy atom. The summed E-state index contributed by atoms with van der Waals surface area (Å²) < 4.78 is 1.99. The molecule has 3 aromatic heterocycles. The molecule has 0 saturated carbocycles. The average Bonchev–Trinajstić information content (AvgIpc) is 2.74.